The number of benzene rings is 1. The van der Waals surface area contributed by atoms with Crippen LogP contribution in [0.1, 0.15) is 37.3 Å². The van der Waals surface area contributed by atoms with Crippen molar-refractivity contribution in [3.8, 4) is 0 Å². The van der Waals surface area contributed by atoms with Gasteiger partial charge in [0, 0.05) is 12.7 Å². The summed E-state index contributed by atoms with van der Waals surface area (Å²) in [6, 6.07) is 8.75. The van der Waals surface area contributed by atoms with E-state index in [0.29, 0.717) is 10.9 Å². The van der Waals surface area contributed by atoms with Crippen LogP contribution in [0.15, 0.2) is 36.7 Å². The van der Waals surface area contributed by atoms with Gasteiger partial charge in [-0.2, -0.15) is 5.10 Å². The second-order valence-corrected chi connectivity index (χ2v) is 5.64. The highest BCUT2D eigenvalue weighted by atomic mass is 35.5. The molecule has 1 aromatic heterocycles. The van der Waals surface area contributed by atoms with E-state index in [1.165, 1.54) is 17.5 Å². The summed E-state index contributed by atoms with van der Waals surface area (Å²) in [4.78, 5) is 0. The highest BCUT2D eigenvalue weighted by Crippen LogP contribution is 2.16. The van der Waals surface area contributed by atoms with Gasteiger partial charge in [0.2, 0.25) is 0 Å². The zero-order chi connectivity index (χ0) is 14.4. The number of rotatable bonds is 7. The van der Waals surface area contributed by atoms with Crippen LogP contribution in [-0.2, 0) is 6.54 Å². The predicted molar refractivity (Wildman–Crippen MR) is 84.4 cm³/mol. The third-order valence-electron chi connectivity index (χ3n) is 3.37. The molecule has 1 heterocycles. The zero-order valence-electron chi connectivity index (χ0n) is 12.1. The van der Waals surface area contributed by atoms with Crippen LogP contribution >= 0.6 is 11.6 Å². The molecule has 2 aromatic rings. The Morgan fingerprint density at radius 3 is 2.65 bits per heavy atom. The van der Waals surface area contributed by atoms with Crippen LogP contribution in [0.2, 0.25) is 5.02 Å². The normalized spacial score (nSPS) is 12.6. The van der Waals surface area contributed by atoms with Crippen molar-refractivity contribution in [3.63, 3.8) is 0 Å². The van der Waals surface area contributed by atoms with Gasteiger partial charge in [0.25, 0.3) is 0 Å². The van der Waals surface area contributed by atoms with Crippen molar-refractivity contribution in [1.82, 2.24) is 15.1 Å². The maximum atomic E-state index is 5.86. The standard InChI is InChI=1S/C16H22ClN3/c1-3-8-18-9-13(2)15-6-4-14(5-7-15)11-20-12-16(17)10-19-20/h4-7,10,12-13,18H,3,8-9,11H2,1-2H3. The molecule has 0 saturated heterocycles. The molecule has 0 saturated carbocycles. The van der Waals surface area contributed by atoms with Crippen LogP contribution in [-0.4, -0.2) is 22.9 Å². The smallest absolute Gasteiger partial charge is 0.0785 e. The van der Waals surface area contributed by atoms with Gasteiger partial charge in [-0.15, -0.1) is 0 Å². The van der Waals surface area contributed by atoms with Gasteiger partial charge in [0.15, 0.2) is 0 Å². The van der Waals surface area contributed by atoms with Gasteiger partial charge in [0.1, 0.15) is 0 Å². The molecule has 0 aliphatic rings. The lowest BCUT2D eigenvalue weighted by Gasteiger charge is -2.13. The Labute approximate surface area is 126 Å². The van der Waals surface area contributed by atoms with E-state index < -0.39 is 0 Å². The summed E-state index contributed by atoms with van der Waals surface area (Å²) in [5, 5.41) is 8.33. The van der Waals surface area contributed by atoms with Crippen LogP contribution < -0.4 is 5.32 Å². The Balaban J connectivity index is 1.92. The molecule has 0 radical (unpaired) electrons. The first-order chi connectivity index (χ1) is 9.69. The minimum atomic E-state index is 0.537. The van der Waals surface area contributed by atoms with Crippen molar-refractivity contribution < 1.29 is 0 Å². The van der Waals surface area contributed by atoms with Crippen molar-refractivity contribution in [3.05, 3.63) is 52.8 Å². The average molecular weight is 292 g/mol. The van der Waals surface area contributed by atoms with E-state index >= 15 is 0 Å². The number of halogens is 1. The van der Waals surface area contributed by atoms with E-state index in [9.17, 15) is 0 Å². The summed E-state index contributed by atoms with van der Waals surface area (Å²) in [5.74, 6) is 0.537. The lowest BCUT2D eigenvalue weighted by Crippen LogP contribution is -2.20. The van der Waals surface area contributed by atoms with Gasteiger partial charge in [-0.25, -0.2) is 0 Å². The summed E-state index contributed by atoms with van der Waals surface area (Å²) in [7, 11) is 0. The molecule has 0 spiro atoms. The van der Waals surface area contributed by atoms with E-state index in [-0.39, 0.29) is 0 Å². The van der Waals surface area contributed by atoms with Gasteiger partial charge in [-0.3, -0.25) is 4.68 Å². The van der Waals surface area contributed by atoms with Crippen LogP contribution in [0.3, 0.4) is 0 Å². The first kappa shape index (κ1) is 15.1. The maximum Gasteiger partial charge on any atom is 0.0785 e. The van der Waals surface area contributed by atoms with Crippen LogP contribution in [0.5, 0.6) is 0 Å². The van der Waals surface area contributed by atoms with E-state index in [4.69, 9.17) is 11.6 Å². The molecule has 0 bridgehead atoms. The summed E-state index contributed by atoms with van der Waals surface area (Å²) in [6.45, 7) is 7.32. The number of aromatic nitrogens is 2. The van der Waals surface area contributed by atoms with Gasteiger partial charge in [-0.1, -0.05) is 49.7 Å². The molecule has 0 fully saturated rings. The minimum Gasteiger partial charge on any atom is -0.316 e. The monoisotopic (exact) mass is 291 g/mol. The minimum absolute atomic E-state index is 0.537. The number of nitrogens with zero attached hydrogens (tertiary/aromatic N) is 2. The van der Waals surface area contributed by atoms with Gasteiger partial charge >= 0.3 is 0 Å². The molecule has 0 aliphatic carbocycles. The second kappa shape index (κ2) is 7.46. The number of hydrogen-bond donors (Lipinski definition) is 1. The number of hydrogen-bond acceptors (Lipinski definition) is 2. The average Bonchev–Trinajstić information content (AvgIpc) is 2.85. The lowest BCUT2D eigenvalue weighted by atomic mass is 10.00. The summed E-state index contributed by atoms with van der Waals surface area (Å²) >= 11 is 5.86. The zero-order valence-corrected chi connectivity index (χ0v) is 12.9. The predicted octanol–water partition coefficient (Wildman–Crippen LogP) is 3.69. The molecular formula is C16H22ClN3. The molecule has 1 N–H and O–H groups in total. The molecule has 2 rings (SSSR count). The Morgan fingerprint density at radius 2 is 2.05 bits per heavy atom. The molecule has 0 amide bonds. The summed E-state index contributed by atoms with van der Waals surface area (Å²) in [5.41, 5.74) is 2.61. The van der Waals surface area contributed by atoms with Crippen molar-refractivity contribution in [2.24, 2.45) is 0 Å². The SMILES string of the molecule is CCCNCC(C)c1ccc(Cn2cc(Cl)cn2)cc1. The van der Waals surface area contributed by atoms with Crippen LogP contribution in [0.4, 0.5) is 0 Å². The van der Waals surface area contributed by atoms with Crippen molar-refractivity contribution >= 4 is 11.6 Å². The van der Waals surface area contributed by atoms with Crippen molar-refractivity contribution in [2.75, 3.05) is 13.1 Å². The Bertz CT molecular complexity index is 519. The molecule has 4 heteroatoms. The molecule has 20 heavy (non-hydrogen) atoms. The molecule has 1 aromatic carbocycles. The fourth-order valence-electron chi connectivity index (χ4n) is 2.18. The molecule has 1 unspecified atom stereocenters. The third-order valence-corrected chi connectivity index (χ3v) is 3.57. The van der Waals surface area contributed by atoms with Gasteiger partial charge in [0.05, 0.1) is 17.8 Å². The summed E-state index contributed by atoms with van der Waals surface area (Å²) in [6.07, 6.45) is 4.68. The Kier molecular flexibility index (Phi) is 5.62. The molecule has 0 aliphatic heterocycles. The van der Waals surface area contributed by atoms with Crippen molar-refractivity contribution in [1.29, 1.82) is 0 Å². The molecule has 108 valence electrons. The van der Waals surface area contributed by atoms with E-state index in [1.54, 1.807) is 6.20 Å². The second-order valence-electron chi connectivity index (χ2n) is 5.20. The van der Waals surface area contributed by atoms with E-state index in [0.717, 1.165) is 19.6 Å². The maximum absolute atomic E-state index is 5.86. The number of nitrogens with one attached hydrogen (secondary N) is 1. The molecule has 3 nitrogen and oxygen atoms in total. The van der Waals surface area contributed by atoms with E-state index in [2.05, 4.69) is 48.5 Å². The first-order valence-electron chi connectivity index (χ1n) is 7.16. The van der Waals surface area contributed by atoms with Gasteiger partial charge < -0.3 is 5.32 Å². The van der Waals surface area contributed by atoms with Crippen LogP contribution in [0, 0.1) is 0 Å². The quantitative estimate of drug-likeness (QED) is 0.789. The highest BCUT2D eigenvalue weighted by molar-refractivity contribution is 6.30. The fourth-order valence-corrected chi connectivity index (χ4v) is 2.33. The topological polar surface area (TPSA) is 29.9 Å². The van der Waals surface area contributed by atoms with Crippen molar-refractivity contribution in [2.45, 2.75) is 32.7 Å². The largest absolute Gasteiger partial charge is 0.316 e. The van der Waals surface area contributed by atoms with Gasteiger partial charge in [-0.05, 0) is 30.0 Å². The molecule has 1 atom stereocenters. The molecular weight excluding hydrogens is 270 g/mol. The fraction of sp³-hybridized carbons (Fsp3) is 0.438. The third kappa shape index (κ3) is 4.36. The Morgan fingerprint density at radius 1 is 1.30 bits per heavy atom. The first-order valence-corrected chi connectivity index (χ1v) is 7.54. The summed E-state index contributed by atoms with van der Waals surface area (Å²) < 4.78 is 1.85. The highest BCUT2D eigenvalue weighted by Gasteiger charge is 2.05. The Hall–Kier alpha value is -1.32. The van der Waals surface area contributed by atoms with E-state index in [1.807, 2.05) is 10.9 Å². The lowest BCUT2D eigenvalue weighted by molar-refractivity contribution is 0.609. The van der Waals surface area contributed by atoms with Crippen LogP contribution in [0.25, 0.3) is 0 Å².